The second-order valence-electron chi connectivity index (χ2n) is 8.52. The molecule has 2 fully saturated rings. The topological polar surface area (TPSA) is 83.6 Å². The zero-order valence-electron chi connectivity index (χ0n) is 18.1. The molecule has 0 saturated carbocycles. The van der Waals surface area contributed by atoms with Crippen LogP contribution >= 0.6 is 0 Å². The smallest absolute Gasteiger partial charge is 0.321 e. The number of urea groups is 1. The van der Waals surface area contributed by atoms with Crippen molar-refractivity contribution in [2.75, 3.05) is 23.7 Å². The molecule has 1 spiro atoms. The third-order valence-corrected chi connectivity index (χ3v) is 6.53. The predicted molar refractivity (Wildman–Crippen MR) is 120 cm³/mol. The Morgan fingerprint density at radius 3 is 2.65 bits per heavy atom. The van der Waals surface area contributed by atoms with Crippen LogP contribution in [0.15, 0.2) is 48.8 Å². The number of ether oxygens (including phenoxy) is 1. The van der Waals surface area contributed by atoms with E-state index in [2.05, 4.69) is 29.5 Å². The lowest BCUT2D eigenvalue weighted by Gasteiger charge is -2.44. The number of piperidine rings is 1. The first kappa shape index (κ1) is 21.3. The fraction of sp³-hybridized carbons (Fsp3) is 0.458. The summed E-state index contributed by atoms with van der Waals surface area (Å²) in [6, 6.07) is 11.5. The Bertz CT molecular complexity index is 918. The minimum absolute atomic E-state index is 0.0881. The SMILES string of the molecule is CCc1ccc(NC(=O)N2CC[C@]3(CC[C@H](C(=O)Nc4cccnc4)O3)[C@@H](C)C2)cc1. The Kier molecular flexibility index (Phi) is 6.23. The number of pyridine rings is 1. The minimum Gasteiger partial charge on any atom is -0.362 e. The number of nitrogens with zero attached hydrogens (tertiary/aromatic N) is 2. The van der Waals surface area contributed by atoms with Crippen molar-refractivity contribution in [1.29, 1.82) is 0 Å². The van der Waals surface area contributed by atoms with Gasteiger partial charge in [0, 0.05) is 30.9 Å². The molecule has 2 aliphatic rings. The van der Waals surface area contributed by atoms with Gasteiger partial charge in [0.05, 0.1) is 17.5 Å². The summed E-state index contributed by atoms with van der Waals surface area (Å²) >= 11 is 0. The highest BCUT2D eigenvalue weighted by molar-refractivity contribution is 5.94. The summed E-state index contributed by atoms with van der Waals surface area (Å²) in [6.07, 6.45) is 6.04. The average molecular weight is 423 g/mol. The van der Waals surface area contributed by atoms with E-state index in [1.165, 1.54) is 5.56 Å². The fourth-order valence-electron chi connectivity index (χ4n) is 4.54. The average Bonchev–Trinajstić information content (AvgIpc) is 3.22. The van der Waals surface area contributed by atoms with Crippen molar-refractivity contribution >= 4 is 23.3 Å². The number of aryl methyl sites for hydroxylation is 1. The van der Waals surface area contributed by atoms with Crippen LogP contribution in [0.3, 0.4) is 0 Å². The quantitative estimate of drug-likeness (QED) is 0.778. The Hall–Kier alpha value is -2.93. The first-order chi connectivity index (χ1) is 15.0. The van der Waals surface area contributed by atoms with Crippen molar-refractivity contribution < 1.29 is 14.3 Å². The van der Waals surface area contributed by atoms with Crippen molar-refractivity contribution in [2.24, 2.45) is 5.92 Å². The van der Waals surface area contributed by atoms with Gasteiger partial charge in [0.1, 0.15) is 6.10 Å². The molecule has 7 nitrogen and oxygen atoms in total. The number of likely N-dealkylation sites (tertiary alicyclic amines) is 1. The number of aromatic nitrogens is 1. The van der Waals surface area contributed by atoms with Crippen LogP contribution in [0, 0.1) is 5.92 Å². The molecule has 7 heteroatoms. The molecule has 164 valence electrons. The van der Waals surface area contributed by atoms with E-state index in [0.29, 0.717) is 25.2 Å². The zero-order chi connectivity index (χ0) is 21.8. The van der Waals surface area contributed by atoms with Crippen LogP contribution in [0.5, 0.6) is 0 Å². The third-order valence-electron chi connectivity index (χ3n) is 6.53. The molecular weight excluding hydrogens is 392 g/mol. The predicted octanol–water partition coefficient (Wildman–Crippen LogP) is 4.07. The van der Waals surface area contributed by atoms with Crippen molar-refractivity contribution in [1.82, 2.24) is 9.88 Å². The normalized spacial score (nSPS) is 25.4. The summed E-state index contributed by atoms with van der Waals surface area (Å²) < 4.78 is 6.32. The number of amides is 3. The third kappa shape index (κ3) is 4.71. The maximum atomic E-state index is 12.8. The molecule has 0 bridgehead atoms. The van der Waals surface area contributed by atoms with Crippen LogP contribution in [0.1, 0.15) is 38.7 Å². The van der Waals surface area contributed by atoms with E-state index < -0.39 is 6.10 Å². The molecule has 1 aromatic carbocycles. The highest BCUT2D eigenvalue weighted by atomic mass is 16.5. The molecule has 3 amide bonds. The van der Waals surface area contributed by atoms with Gasteiger partial charge in [0.2, 0.25) is 0 Å². The first-order valence-corrected chi connectivity index (χ1v) is 11.0. The van der Waals surface area contributed by atoms with E-state index in [0.717, 1.165) is 24.9 Å². The van der Waals surface area contributed by atoms with Gasteiger partial charge in [-0.05, 0) is 55.5 Å². The van der Waals surface area contributed by atoms with Gasteiger partial charge in [-0.3, -0.25) is 9.78 Å². The lowest BCUT2D eigenvalue weighted by molar-refractivity contribution is -0.141. The summed E-state index contributed by atoms with van der Waals surface area (Å²) in [5.74, 6) is 0.0124. The van der Waals surface area contributed by atoms with Crippen molar-refractivity contribution in [3.8, 4) is 0 Å². The van der Waals surface area contributed by atoms with Gasteiger partial charge in [0.15, 0.2) is 0 Å². The molecular formula is C24H30N4O3. The molecule has 2 aromatic rings. The molecule has 2 saturated heterocycles. The van der Waals surface area contributed by atoms with E-state index in [1.54, 1.807) is 18.5 Å². The van der Waals surface area contributed by atoms with Crippen LogP contribution in [0.4, 0.5) is 16.2 Å². The maximum Gasteiger partial charge on any atom is 0.321 e. The Labute approximate surface area is 183 Å². The Balaban J connectivity index is 1.32. The number of hydrogen-bond donors (Lipinski definition) is 2. The molecule has 2 N–H and O–H groups in total. The second kappa shape index (κ2) is 9.06. The largest absolute Gasteiger partial charge is 0.362 e. The molecule has 4 rings (SSSR count). The highest BCUT2D eigenvalue weighted by Crippen LogP contribution is 2.42. The van der Waals surface area contributed by atoms with E-state index in [1.807, 2.05) is 35.2 Å². The molecule has 31 heavy (non-hydrogen) atoms. The highest BCUT2D eigenvalue weighted by Gasteiger charge is 2.49. The van der Waals surface area contributed by atoms with Gasteiger partial charge in [-0.2, -0.15) is 0 Å². The van der Waals surface area contributed by atoms with Gasteiger partial charge < -0.3 is 20.3 Å². The van der Waals surface area contributed by atoms with Crippen LogP contribution in [0.25, 0.3) is 0 Å². The van der Waals surface area contributed by atoms with E-state index in [4.69, 9.17) is 4.74 Å². The fourth-order valence-corrected chi connectivity index (χ4v) is 4.54. The first-order valence-electron chi connectivity index (χ1n) is 11.0. The number of benzene rings is 1. The number of nitrogens with one attached hydrogen (secondary N) is 2. The lowest BCUT2D eigenvalue weighted by Crippen LogP contribution is -2.53. The summed E-state index contributed by atoms with van der Waals surface area (Å²) in [7, 11) is 0. The van der Waals surface area contributed by atoms with Crippen molar-refractivity contribution in [3.05, 3.63) is 54.4 Å². The van der Waals surface area contributed by atoms with Crippen LogP contribution < -0.4 is 10.6 Å². The number of rotatable bonds is 4. The van der Waals surface area contributed by atoms with Crippen LogP contribution in [-0.2, 0) is 16.0 Å². The standard InChI is InChI=1S/C24H30N4O3/c1-3-18-6-8-19(9-7-18)27-23(30)28-14-12-24(17(2)16-28)11-10-21(31-24)22(29)26-20-5-4-13-25-15-20/h4-9,13,15,17,21H,3,10-12,14,16H2,1-2H3,(H,26,29)(H,27,30)/t17-,21+,24+/m0/s1. The van der Waals surface area contributed by atoms with Crippen LogP contribution in [-0.4, -0.2) is 46.6 Å². The van der Waals surface area contributed by atoms with Crippen molar-refractivity contribution in [2.45, 2.75) is 51.2 Å². The summed E-state index contributed by atoms with van der Waals surface area (Å²) in [6.45, 7) is 5.43. The monoisotopic (exact) mass is 422 g/mol. The van der Waals surface area contributed by atoms with Gasteiger partial charge >= 0.3 is 6.03 Å². The van der Waals surface area contributed by atoms with Gasteiger partial charge in [-0.15, -0.1) is 0 Å². The number of carbonyl (C=O) groups is 2. The Morgan fingerprint density at radius 2 is 1.97 bits per heavy atom. The van der Waals surface area contributed by atoms with Gasteiger partial charge in [-0.25, -0.2) is 4.79 Å². The molecule has 1 aromatic heterocycles. The van der Waals surface area contributed by atoms with Crippen molar-refractivity contribution in [3.63, 3.8) is 0 Å². The van der Waals surface area contributed by atoms with E-state index >= 15 is 0 Å². The Morgan fingerprint density at radius 1 is 1.16 bits per heavy atom. The molecule has 3 atom stereocenters. The molecule has 0 aliphatic carbocycles. The lowest BCUT2D eigenvalue weighted by atomic mass is 9.80. The molecule has 3 heterocycles. The number of carbonyl (C=O) groups excluding carboxylic acids is 2. The van der Waals surface area contributed by atoms with E-state index in [-0.39, 0.29) is 23.5 Å². The summed E-state index contributed by atoms with van der Waals surface area (Å²) in [5.41, 5.74) is 2.37. The maximum absolute atomic E-state index is 12.8. The molecule has 2 aliphatic heterocycles. The molecule has 0 radical (unpaired) electrons. The molecule has 0 unspecified atom stereocenters. The van der Waals surface area contributed by atoms with Crippen LogP contribution in [0.2, 0.25) is 0 Å². The summed E-state index contributed by atoms with van der Waals surface area (Å²) in [5, 5.41) is 5.88. The minimum atomic E-state index is -0.472. The second-order valence-corrected chi connectivity index (χ2v) is 8.52. The number of hydrogen-bond acceptors (Lipinski definition) is 4. The number of anilines is 2. The zero-order valence-corrected chi connectivity index (χ0v) is 18.1. The van der Waals surface area contributed by atoms with E-state index in [9.17, 15) is 9.59 Å². The van der Waals surface area contributed by atoms with Gasteiger partial charge in [-0.1, -0.05) is 26.0 Å². The summed E-state index contributed by atoms with van der Waals surface area (Å²) in [4.78, 5) is 31.2. The van der Waals surface area contributed by atoms with Gasteiger partial charge in [0.25, 0.3) is 5.91 Å².